The van der Waals surface area contributed by atoms with Crippen molar-refractivity contribution in [2.24, 2.45) is 0 Å². The van der Waals surface area contributed by atoms with Gasteiger partial charge in [0.05, 0.1) is 9.79 Å². The number of nitrogens with zero attached hydrogens (tertiary/aromatic N) is 2. The summed E-state index contributed by atoms with van der Waals surface area (Å²) in [6.07, 6.45) is 6.70. The molecule has 1 aromatic carbocycles. The fourth-order valence-electron chi connectivity index (χ4n) is 4.01. The van der Waals surface area contributed by atoms with E-state index >= 15 is 0 Å². The number of hydrogen-bond donors (Lipinski definition) is 1. The van der Waals surface area contributed by atoms with Crippen LogP contribution < -0.4 is 4.72 Å². The summed E-state index contributed by atoms with van der Waals surface area (Å²) < 4.78 is 54.4. The van der Waals surface area contributed by atoms with Crippen LogP contribution in [0, 0.1) is 0 Å². The topological polar surface area (TPSA) is 86.8 Å². The van der Waals surface area contributed by atoms with Crippen LogP contribution in [0.15, 0.2) is 34.1 Å². The van der Waals surface area contributed by atoms with Crippen LogP contribution in [0.25, 0.3) is 0 Å². The zero-order chi connectivity index (χ0) is 19.1. The maximum Gasteiger partial charge on any atom is 0.243 e. The van der Waals surface area contributed by atoms with Crippen molar-refractivity contribution < 1.29 is 16.8 Å². The Kier molecular flexibility index (Phi) is 5.32. The molecule has 0 amide bonds. The summed E-state index contributed by atoms with van der Waals surface area (Å²) in [5.41, 5.74) is 0. The standard InChI is InChI=1S/C18H27N3O4S2/c22-26(23,19-15-5-6-15)17-7-9-18(10-8-17)27(24,25)21-13-11-20(12-14-21)16-3-1-2-4-16/h7-10,15-16,19H,1-6,11-14H2. The highest BCUT2D eigenvalue weighted by Crippen LogP contribution is 2.27. The smallest absolute Gasteiger partial charge is 0.243 e. The molecule has 4 rings (SSSR count). The van der Waals surface area contributed by atoms with Gasteiger partial charge in [-0.25, -0.2) is 21.6 Å². The summed E-state index contributed by atoms with van der Waals surface area (Å²) in [4.78, 5) is 2.68. The van der Waals surface area contributed by atoms with E-state index in [0.29, 0.717) is 19.1 Å². The van der Waals surface area contributed by atoms with Crippen molar-refractivity contribution in [2.45, 2.75) is 60.4 Å². The highest BCUT2D eigenvalue weighted by atomic mass is 32.2. The van der Waals surface area contributed by atoms with Crippen LogP contribution >= 0.6 is 0 Å². The lowest BCUT2D eigenvalue weighted by Crippen LogP contribution is -2.51. The van der Waals surface area contributed by atoms with E-state index < -0.39 is 20.0 Å². The van der Waals surface area contributed by atoms with Gasteiger partial charge in [-0.3, -0.25) is 4.90 Å². The fraction of sp³-hybridized carbons (Fsp3) is 0.667. The minimum atomic E-state index is -3.59. The molecule has 0 bridgehead atoms. The average molecular weight is 414 g/mol. The van der Waals surface area contributed by atoms with Gasteiger partial charge in [-0.05, 0) is 49.9 Å². The largest absolute Gasteiger partial charge is 0.298 e. The Morgan fingerprint density at radius 3 is 1.89 bits per heavy atom. The lowest BCUT2D eigenvalue weighted by molar-refractivity contribution is 0.139. The van der Waals surface area contributed by atoms with Crippen LogP contribution in [0.2, 0.25) is 0 Å². The van der Waals surface area contributed by atoms with Gasteiger partial charge in [0.25, 0.3) is 0 Å². The SMILES string of the molecule is O=S(=O)(NC1CC1)c1ccc(S(=O)(=O)N2CCN(C3CCCC3)CC2)cc1. The maximum absolute atomic E-state index is 12.9. The molecule has 1 aromatic rings. The van der Waals surface area contributed by atoms with Crippen LogP contribution in [-0.2, 0) is 20.0 Å². The number of benzene rings is 1. The summed E-state index contributed by atoms with van der Waals surface area (Å²) in [6.45, 7) is 2.51. The lowest BCUT2D eigenvalue weighted by Gasteiger charge is -2.37. The maximum atomic E-state index is 12.9. The van der Waals surface area contributed by atoms with Crippen LogP contribution in [-0.4, -0.2) is 64.3 Å². The number of sulfonamides is 2. The first-order chi connectivity index (χ1) is 12.9. The van der Waals surface area contributed by atoms with Gasteiger partial charge in [0, 0.05) is 38.3 Å². The normalized spacial score (nSPS) is 23.7. The molecule has 1 aliphatic heterocycles. The van der Waals surface area contributed by atoms with Crippen LogP contribution in [0.4, 0.5) is 0 Å². The zero-order valence-electron chi connectivity index (χ0n) is 15.4. The lowest BCUT2D eigenvalue weighted by atomic mass is 10.2. The van der Waals surface area contributed by atoms with Gasteiger partial charge in [0.15, 0.2) is 0 Å². The molecule has 150 valence electrons. The Labute approximate surface area is 161 Å². The Balaban J connectivity index is 1.42. The van der Waals surface area contributed by atoms with E-state index in [9.17, 15) is 16.8 Å². The molecule has 0 radical (unpaired) electrons. The molecule has 0 spiro atoms. The summed E-state index contributed by atoms with van der Waals surface area (Å²) in [5.74, 6) is 0. The fourth-order valence-corrected chi connectivity index (χ4v) is 6.73. The van der Waals surface area contributed by atoms with Gasteiger partial charge in [-0.2, -0.15) is 4.31 Å². The molecule has 2 aliphatic carbocycles. The van der Waals surface area contributed by atoms with E-state index in [4.69, 9.17) is 0 Å². The number of rotatable bonds is 6. The number of piperazine rings is 1. The number of hydrogen-bond acceptors (Lipinski definition) is 5. The zero-order valence-corrected chi connectivity index (χ0v) is 17.0. The molecule has 1 saturated heterocycles. The van der Waals surface area contributed by atoms with Gasteiger partial charge in [-0.1, -0.05) is 12.8 Å². The average Bonchev–Trinajstić information content (AvgIpc) is 3.29. The van der Waals surface area contributed by atoms with Crippen molar-refractivity contribution in [1.82, 2.24) is 13.9 Å². The summed E-state index contributed by atoms with van der Waals surface area (Å²) in [5, 5.41) is 0. The molecule has 0 aromatic heterocycles. The molecular weight excluding hydrogens is 386 g/mol. The quantitative estimate of drug-likeness (QED) is 0.761. The van der Waals surface area contributed by atoms with Crippen molar-refractivity contribution >= 4 is 20.0 Å². The Morgan fingerprint density at radius 2 is 1.33 bits per heavy atom. The monoisotopic (exact) mass is 413 g/mol. The highest BCUT2D eigenvalue weighted by Gasteiger charge is 2.32. The molecule has 1 N–H and O–H groups in total. The first kappa shape index (κ1) is 19.3. The third-order valence-electron chi connectivity index (χ3n) is 5.79. The molecular formula is C18H27N3O4S2. The Morgan fingerprint density at radius 1 is 0.778 bits per heavy atom. The second-order valence-electron chi connectivity index (χ2n) is 7.75. The van der Waals surface area contributed by atoms with E-state index in [1.54, 1.807) is 0 Å². The van der Waals surface area contributed by atoms with Crippen molar-refractivity contribution in [3.8, 4) is 0 Å². The highest BCUT2D eigenvalue weighted by molar-refractivity contribution is 7.89. The van der Waals surface area contributed by atoms with E-state index in [1.807, 2.05) is 0 Å². The number of nitrogens with one attached hydrogen (secondary N) is 1. The molecule has 3 aliphatic rings. The van der Waals surface area contributed by atoms with Crippen molar-refractivity contribution in [3.05, 3.63) is 24.3 Å². The van der Waals surface area contributed by atoms with Crippen molar-refractivity contribution in [2.75, 3.05) is 26.2 Å². The summed E-state index contributed by atoms with van der Waals surface area (Å²) in [7, 11) is -7.16. The van der Waals surface area contributed by atoms with Crippen molar-refractivity contribution in [3.63, 3.8) is 0 Å². The second-order valence-corrected chi connectivity index (χ2v) is 11.4. The minimum absolute atomic E-state index is 0.0228. The van der Waals surface area contributed by atoms with Crippen LogP contribution in [0.1, 0.15) is 38.5 Å². The first-order valence-corrected chi connectivity index (χ1v) is 12.7. The van der Waals surface area contributed by atoms with Gasteiger partial charge >= 0.3 is 0 Å². The molecule has 9 heteroatoms. The second kappa shape index (κ2) is 7.44. The molecule has 7 nitrogen and oxygen atoms in total. The molecule has 3 fully saturated rings. The van der Waals surface area contributed by atoms with Gasteiger partial charge in [-0.15, -0.1) is 0 Å². The Hall–Kier alpha value is -1.00. The van der Waals surface area contributed by atoms with Crippen LogP contribution in [0.3, 0.4) is 0 Å². The third kappa shape index (κ3) is 4.22. The minimum Gasteiger partial charge on any atom is -0.298 e. The van der Waals surface area contributed by atoms with Gasteiger partial charge < -0.3 is 0 Å². The molecule has 2 saturated carbocycles. The molecule has 27 heavy (non-hydrogen) atoms. The van der Waals surface area contributed by atoms with E-state index in [2.05, 4.69) is 9.62 Å². The van der Waals surface area contributed by atoms with Crippen LogP contribution in [0.5, 0.6) is 0 Å². The van der Waals surface area contributed by atoms with Gasteiger partial charge in [0.2, 0.25) is 20.0 Å². The third-order valence-corrected chi connectivity index (χ3v) is 9.23. The predicted molar refractivity (Wildman–Crippen MR) is 102 cm³/mol. The van der Waals surface area contributed by atoms with Crippen molar-refractivity contribution in [1.29, 1.82) is 0 Å². The summed E-state index contributed by atoms with van der Waals surface area (Å²) >= 11 is 0. The van der Waals surface area contributed by atoms with Gasteiger partial charge in [0.1, 0.15) is 0 Å². The summed E-state index contributed by atoms with van der Waals surface area (Å²) in [6, 6.07) is 6.20. The van der Waals surface area contributed by atoms with E-state index in [0.717, 1.165) is 25.9 Å². The molecule has 0 unspecified atom stereocenters. The van der Waals surface area contributed by atoms with E-state index in [1.165, 1.54) is 54.3 Å². The first-order valence-electron chi connectivity index (χ1n) is 9.73. The molecule has 0 atom stereocenters. The van der Waals surface area contributed by atoms with E-state index in [-0.39, 0.29) is 15.8 Å². The Bertz CT molecular complexity index is 866. The molecule has 1 heterocycles. The predicted octanol–water partition coefficient (Wildman–Crippen LogP) is 1.38.